The van der Waals surface area contributed by atoms with E-state index < -0.39 is 97.5 Å². The monoisotopic (exact) mass is 1030 g/mol. The summed E-state index contributed by atoms with van der Waals surface area (Å²) in [4.78, 5) is 70.8. The molecule has 408 valence electrons. The zero-order valence-corrected chi connectivity index (χ0v) is 45.2. The van der Waals surface area contributed by atoms with Gasteiger partial charge >= 0.3 is 39.5 Å². The molecule has 3 unspecified atom stereocenters. The minimum atomic E-state index is -4.92. The summed E-state index contributed by atoms with van der Waals surface area (Å²) in [6, 6.07) is 0. The van der Waals surface area contributed by atoms with Gasteiger partial charge in [0, 0.05) is 25.7 Å². The van der Waals surface area contributed by atoms with E-state index in [1.807, 2.05) is 0 Å². The highest BCUT2D eigenvalue weighted by molar-refractivity contribution is 7.47. The van der Waals surface area contributed by atoms with Crippen LogP contribution in [0.15, 0.2) is 0 Å². The molecule has 0 aliphatic carbocycles. The number of carbonyl (C=O) groups excluding carboxylic acids is 4. The molecule has 6 atom stereocenters. The average molecular weight is 1030 g/mol. The van der Waals surface area contributed by atoms with Crippen molar-refractivity contribution in [3.05, 3.63) is 0 Å². The smallest absolute Gasteiger partial charge is 0.462 e. The third-order valence-corrected chi connectivity index (χ3v) is 13.5. The van der Waals surface area contributed by atoms with Crippen LogP contribution in [0.2, 0.25) is 0 Å². The predicted molar refractivity (Wildman–Crippen MR) is 266 cm³/mol. The second kappa shape index (κ2) is 44.7. The van der Waals surface area contributed by atoms with Crippen molar-refractivity contribution in [3.8, 4) is 0 Å². The molecular weight excluding hydrogens is 934 g/mol. The fourth-order valence-corrected chi connectivity index (χ4v) is 8.65. The summed E-state index contributed by atoms with van der Waals surface area (Å²) >= 11 is 0. The van der Waals surface area contributed by atoms with E-state index in [0.717, 1.165) is 109 Å². The third-order valence-electron chi connectivity index (χ3n) is 11.6. The van der Waals surface area contributed by atoms with Crippen LogP contribution in [0.25, 0.3) is 0 Å². The number of aliphatic hydroxyl groups excluding tert-OH is 1. The van der Waals surface area contributed by atoms with Gasteiger partial charge in [-0.05, 0) is 31.6 Å². The average Bonchev–Trinajstić information content (AvgIpc) is 3.32. The van der Waals surface area contributed by atoms with Crippen molar-refractivity contribution in [3.63, 3.8) is 0 Å². The van der Waals surface area contributed by atoms with Crippen LogP contribution in [0.4, 0.5) is 0 Å². The molecule has 0 saturated heterocycles. The molecule has 0 heterocycles. The molecule has 69 heavy (non-hydrogen) atoms. The topological polar surface area (TPSA) is 237 Å². The maximum Gasteiger partial charge on any atom is 0.472 e. The van der Waals surface area contributed by atoms with Crippen LogP contribution in [-0.2, 0) is 65.4 Å². The van der Waals surface area contributed by atoms with Crippen LogP contribution in [0.1, 0.15) is 234 Å². The lowest BCUT2D eigenvalue weighted by molar-refractivity contribution is -0.161. The summed E-state index contributed by atoms with van der Waals surface area (Å²) < 4.78 is 66.8. The SMILES string of the molecule is CCCCCCCC(=O)OC[C@H](COP(=O)(O)OC[C@H](O)COP(=O)(O)OC[C@@H](COC(=O)CCCCCCC)OC(=O)CCCCCCCCCCCCC(C)CC)OC(=O)CCCCCCC. The van der Waals surface area contributed by atoms with Gasteiger partial charge < -0.3 is 33.8 Å². The summed E-state index contributed by atoms with van der Waals surface area (Å²) in [5.41, 5.74) is 0. The Morgan fingerprint density at radius 3 is 1.03 bits per heavy atom. The molecule has 0 aromatic rings. The molecule has 0 rings (SSSR count). The number of unbranched alkanes of at least 4 members (excludes halogenated alkanes) is 21. The van der Waals surface area contributed by atoms with Crippen molar-refractivity contribution in [1.29, 1.82) is 0 Å². The maximum absolute atomic E-state index is 12.8. The number of hydrogen-bond donors (Lipinski definition) is 3. The second-order valence-electron chi connectivity index (χ2n) is 18.4. The quantitative estimate of drug-likeness (QED) is 0.0222. The maximum atomic E-state index is 12.8. The zero-order valence-electron chi connectivity index (χ0n) is 43.4. The van der Waals surface area contributed by atoms with Gasteiger partial charge in [0.05, 0.1) is 26.4 Å². The van der Waals surface area contributed by atoms with Crippen molar-refractivity contribution < 1.29 is 80.2 Å². The van der Waals surface area contributed by atoms with E-state index in [1.54, 1.807) is 0 Å². The van der Waals surface area contributed by atoms with E-state index in [2.05, 4.69) is 34.6 Å². The molecule has 0 radical (unpaired) electrons. The van der Waals surface area contributed by atoms with Crippen LogP contribution in [0.5, 0.6) is 0 Å². The number of aliphatic hydroxyl groups is 1. The van der Waals surface area contributed by atoms with Gasteiger partial charge in [-0.1, -0.05) is 182 Å². The van der Waals surface area contributed by atoms with Crippen molar-refractivity contribution >= 4 is 39.5 Å². The lowest BCUT2D eigenvalue weighted by Gasteiger charge is -2.21. The van der Waals surface area contributed by atoms with Crippen molar-refractivity contribution in [2.75, 3.05) is 39.6 Å². The molecule has 0 saturated carbocycles. The van der Waals surface area contributed by atoms with Crippen LogP contribution >= 0.6 is 15.6 Å². The summed E-state index contributed by atoms with van der Waals surface area (Å²) in [5, 5.41) is 10.4. The molecular formula is C50H96O17P2. The Morgan fingerprint density at radius 2 is 0.696 bits per heavy atom. The minimum absolute atomic E-state index is 0.0984. The summed E-state index contributed by atoms with van der Waals surface area (Å²) in [6.07, 6.45) is 23.6. The Balaban J connectivity index is 5.06. The first-order valence-electron chi connectivity index (χ1n) is 26.7. The van der Waals surface area contributed by atoms with Gasteiger partial charge in [-0.2, -0.15) is 0 Å². The van der Waals surface area contributed by atoms with Gasteiger partial charge in [0.25, 0.3) is 0 Å². The largest absolute Gasteiger partial charge is 0.472 e. The van der Waals surface area contributed by atoms with E-state index in [4.69, 9.17) is 37.0 Å². The lowest BCUT2D eigenvalue weighted by Crippen LogP contribution is -2.30. The van der Waals surface area contributed by atoms with Crippen molar-refractivity contribution in [2.24, 2.45) is 5.92 Å². The molecule has 0 bridgehead atoms. The highest BCUT2D eigenvalue weighted by atomic mass is 31.2. The van der Waals surface area contributed by atoms with E-state index in [9.17, 15) is 43.2 Å². The molecule has 0 aromatic carbocycles. The van der Waals surface area contributed by atoms with Gasteiger partial charge in [-0.15, -0.1) is 0 Å². The number of hydrogen-bond acceptors (Lipinski definition) is 15. The molecule has 0 amide bonds. The van der Waals surface area contributed by atoms with Crippen LogP contribution in [-0.4, -0.2) is 96.7 Å². The standard InChI is InChI=1S/C50H96O17P2/c1-6-10-13-22-28-33-47(52)60-39-45(66-49(54)35-30-24-15-12-8-3)41-64-68(56,57)62-37-44(51)38-63-69(58,59)65-42-46(40-61-48(53)34-29-23-14-11-7-2)67-50(55)36-31-26-21-19-17-16-18-20-25-27-32-43(5)9-4/h43-46,51H,6-42H2,1-5H3,(H,56,57)(H,58,59)/t43?,44-,45+,46+/m0/s1. The Kier molecular flexibility index (Phi) is 43.5. The van der Waals surface area contributed by atoms with Crippen molar-refractivity contribution in [1.82, 2.24) is 0 Å². The summed E-state index contributed by atoms with van der Waals surface area (Å²) in [6.45, 7) is 6.83. The fourth-order valence-electron chi connectivity index (χ4n) is 7.07. The molecule has 17 nitrogen and oxygen atoms in total. The van der Waals surface area contributed by atoms with Crippen LogP contribution < -0.4 is 0 Å². The van der Waals surface area contributed by atoms with Gasteiger partial charge in [0.15, 0.2) is 12.2 Å². The van der Waals surface area contributed by atoms with E-state index >= 15 is 0 Å². The van der Waals surface area contributed by atoms with Crippen molar-refractivity contribution in [2.45, 2.75) is 252 Å². The Hall–Kier alpha value is -1.94. The number of esters is 4. The first kappa shape index (κ1) is 67.1. The number of carbonyl (C=O) groups is 4. The number of phosphoric ester groups is 2. The van der Waals surface area contributed by atoms with Crippen LogP contribution in [0, 0.1) is 5.92 Å². The molecule has 3 N–H and O–H groups in total. The highest BCUT2D eigenvalue weighted by Gasteiger charge is 2.30. The van der Waals surface area contributed by atoms with Gasteiger partial charge in [0.2, 0.25) is 0 Å². The van der Waals surface area contributed by atoms with Gasteiger partial charge in [-0.3, -0.25) is 37.3 Å². The first-order chi connectivity index (χ1) is 33.1. The van der Waals surface area contributed by atoms with Gasteiger partial charge in [0.1, 0.15) is 19.3 Å². The molecule has 19 heteroatoms. The normalized spacial score (nSPS) is 15.1. The summed E-state index contributed by atoms with van der Waals surface area (Å²) in [7, 11) is -9.83. The van der Waals surface area contributed by atoms with Gasteiger partial charge in [-0.25, -0.2) is 9.13 Å². The summed E-state index contributed by atoms with van der Waals surface area (Å²) in [5.74, 6) is -1.38. The third kappa shape index (κ3) is 44.5. The highest BCUT2D eigenvalue weighted by Crippen LogP contribution is 2.45. The van der Waals surface area contributed by atoms with E-state index in [-0.39, 0.29) is 25.7 Å². The Bertz CT molecular complexity index is 1380. The van der Waals surface area contributed by atoms with E-state index in [0.29, 0.717) is 25.7 Å². The minimum Gasteiger partial charge on any atom is -0.462 e. The second-order valence-corrected chi connectivity index (χ2v) is 21.4. The molecule has 0 spiro atoms. The molecule has 0 aliphatic heterocycles. The Labute approximate surface area is 416 Å². The predicted octanol–water partition coefficient (Wildman–Crippen LogP) is 12.3. The zero-order chi connectivity index (χ0) is 51.4. The van der Waals surface area contributed by atoms with Crippen LogP contribution in [0.3, 0.4) is 0 Å². The molecule has 0 aliphatic rings. The lowest BCUT2D eigenvalue weighted by atomic mass is 9.99. The van der Waals surface area contributed by atoms with E-state index in [1.165, 1.54) is 44.9 Å². The number of phosphoric acid groups is 2. The number of ether oxygens (including phenoxy) is 4. The Morgan fingerprint density at radius 1 is 0.406 bits per heavy atom. The fraction of sp³-hybridized carbons (Fsp3) is 0.920. The molecule has 0 aromatic heterocycles. The first-order valence-corrected chi connectivity index (χ1v) is 29.7. The molecule has 0 fully saturated rings. The number of rotatable bonds is 50.